The summed E-state index contributed by atoms with van der Waals surface area (Å²) in [6, 6.07) is 17.7. The number of rotatable bonds is 10. The zero-order valence-electron chi connectivity index (χ0n) is 23.6. The predicted octanol–water partition coefficient (Wildman–Crippen LogP) is -2.53. The van der Waals surface area contributed by atoms with E-state index in [9.17, 15) is 0 Å². The molecule has 0 spiro atoms. The van der Waals surface area contributed by atoms with E-state index in [2.05, 4.69) is 89.8 Å². The van der Waals surface area contributed by atoms with Crippen LogP contribution in [0.3, 0.4) is 0 Å². The number of nitrogens with zero attached hydrogens (tertiary/aromatic N) is 6. The molecule has 2 saturated heterocycles. The topological polar surface area (TPSA) is 76.1 Å². The summed E-state index contributed by atoms with van der Waals surface area (Å²) in [6.45, 7) is 6.31. The van der Waals surface area contributed by atoms with E-state index in [1.54, 1.807) is 0 Å². The summed E-state index contributed by atoms with van der Waals surface area (Å²) in [5.74, 6) is 0. The molecule has 0 amide bonds. The number of aromatic nitrogens is 4. The normalized spacial score (nSPS) is 18.3. The molecule has 0 saturated carbocycles. The summed E-state index contributed by atoms with van der Waals surface area (Å²) in [4.78, 5) is 5.07. The van der Waals surface area contributed by atoms with Crippen molar-refractivity contribution in [1.29, 1.82) is 0 Å². The minimum Gasteiger partial charge on any atom is -1.00 e. The summed E-state index contributed by atoms with van der Waals surface area (Å²) >= 11 is 0. The van der Waals surface area contributed by atoms with Crippen LogP contribution in [0.1, 0.15) is 32.1 Å². The lowest BCUT2D eigenvalue weighted by molar-refractivity contribution is -0.699. The number of hydrogen-bond acceptors (Lipinski definition) is 4. The first kappa shape index (κ1) is 30.6. The number of benzene rings is 2. The maximum atomic E-state index is 5.89. The molecule has 8 nitrogen and oxygen atoms in total. The molecular weight excluding hydrogens is 555 g/mol. The Labute approximate surface area is 256 Å². The fourth-order valence-corrected chi connectivity index (χ4v) is 6.34. The van der Waals surface area contributed by atoms with E-state index in [0.29, 0.717) is 12.1 Å². The van der Waals surface area contributed by atoms with Gasteiger partial charge in [-0.1, -0.05) is 0 Å². The minimum absolute atomic E-state index is 0. The highest BCUT2D eigenvalue weighted by atomic mass is 35.5. The van der Waals surface area contributed by atoms with E-state index in [0.717, 1.165) is 57.1 Å². The van der Waals surface area contributed by atoms with Gasteiger partial charge in [0.25, 0.3) is 0 Å². The van der Waals surface area contributed by atoms with Crippen LogP contribution in [0.15, 0.2) is 86.0 Å². The van der Waals surface area contributed by atoms with Crippen molar-refractivity contribution in [2.75, 3.05) is 34.4 Å². The second-order valence-electron chi connectivity index (χ2n) is 11.2. The zero-order valence-corrected chi connectivity index (χ0v) is 25.1. The Balaban J connectivity index is 0.00000194. The van der Waals surface area contributed by atoms with Crippen LogP contribution in [0.5, 0.6) is 0 Å². The van der Waals surface area contributed by atoms with Crippen LogP contribution >= 0.6 is 0 Å². The first-order valence-electron chi connectivity index (χ1n) is 14.4. The van der Waals surface area contributed by atoms with Gasteiger partial charge in [-0.2, -0.15) is 0 Å². The summed E-state index contributed by atoms with van der Waals surface area (Å²) < 4.78 is 9.34. The lowest BCUT2D eigenvalue weighted by Crippen LogP contribution is -3.00. The Hall–Kier alpha value is -3.36. The van der Waals surface area contributed by atoms with Gasteiger partial charge in [-0.05, 0) is 74.2 Å². The van der Waals surface area contributed by atoms with E-state index in [1.165, 1.54) is 37.1 Å². The van der Waals surface area contributed by atoms with Gasteiger partial charge < -0.3 is 46.1 Å². The van der Waals surface area contributed by atoms with Crippen LogP contribution in [0, 0.1) is 0 Å². The Morgan fingerprint density at radius 2 is 1.22 bits per heavy atom. The molecule has 2 unspecified atom stereocenters. The number of nitrogen functional groups attached to an aromatic ring is 2. The van der Waals surface area contributed by atoms with Crippen molar-refractivity contribution >= 4 is 22.7 Å². The molecule has 0 radical (unpaired) electrons. The van der Waals surface area contributed by atoms with Gasteiger partial charge in [0.2, 0.25) is 12.7 Å². The van der Waals surface area contributed by atoms with Crippen LogP contribution in [-0.2, 0) is 26.2 Å². The van der Waals surface area contributed by atoms with Gasteiger partial charge in [0, 0.05) is 42.3 Å². The number of anilines is 4. The van der Waals surface area contributed by atoms with Crippen molar-refractivity contribution in [2.45, 2.75) is 70.4 Å². The average Bonchev–Trinajstić information content (AvgIpc) is 3.75. The molecule has 10 heteroatoms. The fraction of sp³-hybridized carbons (Fsp3) is 0.419. The van der Waals surface area contributed by atoms with Crippen molar-refractivity contribution in [3.63, 3.8) is 0 Å². The van der Waals surface area contributed by atoms with Crippen LogP contribution in [0.25, 0.3) is 0 Å². The van der Waals surface area contributed by atoms with E-state index in [4.69, 9.17) is 11.5 Å². The second kappa shape index (κ2) is 14.0. The fourth-order valence-electron chi connectivity index (χ4n) is 6.34. The van der Waals surface area contributed by atoms with Gasteiger partial charge in [-0.25, -0.2) is 18.3 Å². The molecule has 220 valence electrons. The molecule has 2 fully saturated rings. The summed E-state index contributed by atoms with van der Waals surface area (Å²) in [5, 5.41) is 0. The first-order valence-corrected chi connectivity index (χ1v) is 14.4. The SMILES string of the molecule is Nc1ccc(N2CCCC2Cn2cc[n+](CCCn3cc[n+](CC4CCCN4c4ccc(N)cc4)c3)c2)cc1.[Cl-].[Cl-]. The second-order valence-corrected chi connectivity index (χ2v) is 11.2. The molecule has 0 bridgehead atoms. The Morgan fingerprint density at radius 1 is 0.683 bits per heavy atom. The largest absolute Gasteiger partial charge is 1.00 e. The van der Waals surface area contributed by atoms with Crippen LogP contribution in [-0.4, -0.2) is 34.3 Å². The van der Waals surface area contributed by atoms with Crippen LogP contribution < -0.4 is 55.2 Å². The molecule has 2 aliphatic heterocycles. The maximum absolute atomic E-state index is 5.89. The first-order chi connectivity index (χ1) is 19.1. The van der Waals surface area contributed by atoms with Crippen molar-refractivity contribution in [1.82, 2.24) is 9.13 Å². The molecule has 2 atom stereocenters. The lowest BCUT2D eigenvalue weighted by Gasteiger charge is -2.25. The highest BCUT2D eigenvalue weighted by molar-refractivity contribution is 5.55. The molecule has 2 aliphatic rings. The monoisotopic (exact) mass is 596 g/mol. The highest BCUT2D eigenvalue weighted by Crippen LogP contribution is 2.28. The van der Waals surface area contributed by atoms with Gasteiger partial charge in [0.15, 0.2) is 0 Å². The van der Waals surface area contributed by atoms with Crippen molar-refractivity contribution in [3.05, 3.63) is 86.0 Å². The Kier molecular flexibility index (Phi) is 10.5. The van der Waals surface area contributed by atoms with Crippen LogP contribution in [0.2, 0.25) is 0 Å². The summed E-state index contributed by atoms with van der Waals surface area (Å²) in [5.41, 5.74) is 16.0. The van der Waals surface area contributed by atoms with Gasteiger partial charge in [0.1, 0.15) is 37.9 Å². The third-order valence-corrected chi connectivity index (χ3v) is 8.37. The van der Waals surface area contributed by atoms with Gasteiger partial charge in [-0.3, -0.25) is 0 Å². The summed E-state index contributed by atoms with van der Waals surface area (Å²) in [7, 11) is 0. The highest BCUT2D eigenvalue weighted by Gasteiger charge is 2.28. The average molecular weight is 598 g/mol. The quantitative estimate of drug-likeness (QED) is 0.156. The third-order valence-electron chi connectivity index (χ3n) is 8.37. The van der Waals surface area contributed by atoms with Crippen molar-refractivity contribution in [3.8, 4) is 0 Å². The zero-order chi connectivity index (χ0) is 26.6. The Morgan fingerprint density at radius 3 is 1.88 bits per heavy atom. The van der Waals surface area contributed by atoms with E-state index in [-0.39, 0.29) is 24.8 Å². The van der Waals surface area contributed by atoms with Gasteiger partial charge in [0.05, 0.1) is 25.2 Å². The summed E-state index contributed by atoms with van der Waals surface area (Å²) in [6.07, 6.45) is 19.4. The van der Waals surface area contributed by atoms with Crippen molar-refractivity contribution in [2.24, 2.45) is 0 Å². The molecule has 2 aromatic carbocycles. The maximum Gasteiger partial charge on any atom is 0.243 e. The number of nitrogens with two attached hydrogens (primary N) is 2. The molecular formula is C31H42Cl2N8. The molecule has 4 N–H and O–H groups in total. The minimum atomic E-state index is 0. The van der Waals surface area contributed by atoms with Crippen LogP contribution in [0.4, 0.5) is 22.7 Å². The van der Waals surface area contributed by atoms with E-state index >= 15 is 0 Å². The van der Waals surface area contributed by atoms with Gasteiger partial charge >= 0.3 is 0 Å². The van der Waals surface area contributed by atoms with E-state index < -0.39 is 0 Å². The molecule has 41 heavy (non-hydrogen) atoms. The smallest absolute Gasteiger partial charge is 0.243 e. The lowest BCUT2D eigenvalue weighted by atomic mass is 10.2. The number of imidazole rings is 2. The molecule has 6 rings (SSSR count). The Bertz CT molecular complexity index is 1250. The van der Waals surface area contributed by atoms with Gasteiger partial charge in [-0.15, -0.1) is 0 Å². The standard InChI is InChI=1S/C31H42N8.2ClH/c32-26-6-10-28(11-7-26)38-16-1-4-30(38)22-36-20-18-34(24-36)14-3-15-35-19-21-37(25-35)23-31-5-2-17-39(31)29-12-8-27(33)9-13-29;;/h6-13,18-21,24-25,30-31H,1-5,14-17,22-23,32-33H2;2*1H/q+2;;/p-2. The molecule has 4 aromatic rings. The number of halogens is 2. The molecule has 2 aromatic heterocycles. The molecule has 4 heterocycles. The third kappa shape index (κ3) is 7.49. The predicted molar refractivity (Wildman–Crippen MR) is 156 cm³/mol. The molecule has 0 aliphatic carbocycles. The number of aryl methyl sites for hydroxylation is 2. The van der Waals surface area contributed by atoms with E-state index in [1.807, 2.05) is 24.3 Å². The number of hydrogen-bond donors (Lipinski definition) is 2. The van der Waals surface area contributed by atoms with Crippen molar-refractivity contribution < 1.29 is 33.9 Å².